The Morgan fingerprint density at radius 3 is 1.86 bits per heavy atom. The van der Waals surface area contributed by atoms with Gasteiger partial charge in [-0.25, -0.2) is 0 Å². The Labute approximate surface area is 87.0 Å². The van der Waals surface area contributed by atoms with E-state index in [-0.39, 0.29) is 5.79 Å². The number of hydrogen-bond acceptors (Lipinski definition) is 2. The Bertz CT molecular complexity index is 182. The maximum atomic E-state index is 6.08. The van der Waals surface area contributed by atoms with Gasteiger partial charge in [-0.05, 0) is 26.7 Å². The van der Waals surface area contributed by atoms with Crippen molar-refractivity contribution in [3.8, 4) is 0 Å². The van der Waals surface area contributed by atoms with Crippen LogP contribution in [0, 0.1) is 5.92 Å². The SMILES string of the molecule is CC1OC2(CCCCC2)OC(C)C1C. The first kappa shape index (κ1) is 10.4. The van der Waals surface area contributed by atoms with Crippen molar-refractivity contribution in [2.24, 2.45) is 5.92 Å². The highest BCUT2D eigenvalue weighted by Crippen LogP contribution is 2.40. The van der Waals surface area contributed by atoms with Gasteiger partial charge in [-0.15, -0.1) is 0 Å². The van der Waals surface area contributed by atoms with E-state index in [2.05, 4.69) is 20.8 Å². The predicted octanol–water partition coefficient (Wildman–Crippen LogP) is 3.11. The molecule has 0 amide bonds. The molecule has 0 N–H and O–H groups in total. The summed E-state index contributed by atoms with van der Waals surface area (Å²) < 4.78 is 12.2. The molecule has 0 aromatic heterocycles. The van der Waals surface area contributed by atoms with Crippen LogP contribution >= 0.6 is 0 Å². The summed E-state index contributed by atoms with van der Waals surface area (Å²) >= 11 is 0. The summed E-state index contributed by atoms with van der Waals surface area (Å²) in [5.74, 6) is 0.298. The summed E-state index contributed by atoms with van der Waals surface area (Å²) in [6.45, 7) is 6.57. The third kappa shape index (κ3) is 1.82. The molecule has 2 unspecified atom stereocenters. The summed E-state index contributed by atoms with van der Waals surface area (Å²) in [6, 6.07) is 0. The molecular weight excluding hydrogens is 176 g/mol. The molecule has 1 aliphatic carbocycles. The first-order valence-electron chi connectivity index (χ1n) is 5.99. The Morgan fingerprint density at radius 2 is 1.36 bits per heavy atom. The van der Waals surface area contributed by atoms with Gasteiger partial charge in [0.25, 0.3) is 0 Å². The second kappa shape index (κ2) is 3.82. The fourth-order valence-electron chi connectivity index (χ4n) is 2.63. The smallest absolute Gasteiger partial charge is 0.169 e. The van der Waals surface area contributed by atoms with E-state index < -0.39 is 0 Å². The number of rotatable bonds is 0. The van der Waals surface area contributed by atoms with Gasteiger partial charge in [0, 0.05) is 18.8 Å². The molecule has 2 aliphatic rings. The fraction of sp³-hybridized carbons (Fsp3) is 1.00. The van der Waals surface area contributed by atoms with Crippen molar-refractivity contribution in [3.05, 3.63) is 0 Å². The van der Waals surface area contributed by atoms with Crippen molar-refractivity contribution < 1.29 is 9.47 Å². The fourth-order valence-corrected chi connectivity index (χ4v) is 2.63. The Morgan fingerprint density at radius 1 is 0.857 bits per heavy atom. The Balaban J connectivity index is 2.06. The van der Waals surface area contributed by atoms with Gasteiger partial charge in [-0.2, -0.15) is 0 Å². The molecule has 2 nitrogen and oxygen atoms in total. The first-order valence-corrected chi connectivity index (χ1v) is 5.99. The molecule has 82 valence electrons. The zero-order valence-electron chi connectivity index (χ0n) is 9.58. The van der Waals surface area contributed by atoms with E-state index in [1.165, 1.54) is 19.3 Å². The molecule has 2 fully saturated rings. The normalized spacial score (nSPS) is 42.6. The zero-order valence-corrected chi connectivity index (χ0v) is 9.58. The lowest BCUT2D eigenvalue weighted by Crippen LogP contribution is -2.52. The molecule has 1 heterocycles. The van der Waals surface area contributed by atoms with Crippen LogP contribution in [0.1, 0.15) is 52.9 Å². The average molecular weight is 198 g/mol. The van der Waals surface area contributed by atoms with Crippen molar-refractivity contribution in [2.45, 2.75) is 70.9 Å². The minimum atomic E-state index is -0.219. The molecule has 1 saturated heterocycles. The van der Waals surface area contributed by atoms with Crippen molar-refractivity contribution in [1.29, 1.82) is 0 Å². The lowest BCUT2D eigenvalue weighted by atomic mass is 9.90. The first-order chi connectivity index (χ1) is 6.63. The van der Waals surface area contributed by atoms with Crippen molar-refractivity contribution in [2.75, 3.05) is 0 Å². The summed E-state index contributed by atoms with van der Waals surface area (Å²) in [4.78, 5) is 0. The monoisotopic (exact) mass is 198 g/mol. The lowest BCUT2D eigenvalue weighted by Gasteiger charge is -2.48. The molecule has 14 heavy (non-hydrogen) atoms. The summed E-state index contributed by atoms with van der Waals surface area (Å²) in [7, 11) is 0. The molecule has 1 saturated carbocycles. The van der Waals surface area contributed by atoms with Crippen LogP contribution in [0.4, 0.5) is 0 Å². The minimum Gasteiger partial charge on any atom is -0.347 e. The highest BCUT2D eigenvalue weighted by atomic mass is 16.7. The van der Waals surface area contributed by atoms with Crippen LogP contribution in [-0.2, 0) is 9.47 Å². The number of hydrogen-bond donors (Lipinski definition) is 0. The van der Waals surface area contributed by atoms with Gasteiger partial charge >= 0.3 is 0 Å². The molecule has 0 bridgehead atoms. The third-order valence-corrected chi connectivity index (χ3v) is 3.90. The summed E-state index contributed by atoms with van der Waals surface area (Å²) in [5, 5.41) is 0. The molecule has 0 aromatic rings. The molecular formula is C12H22O2. The van der Waals surface area contributed by atoms with Crippen molar-refractivity contribution in [1.82, 2.24) is 0 Å². The van der Waals surface area contributed by atoms with Crippen LogP contribution < -0.4 is 0 Å². The van der Waals surface area contributed by atoms with Crippen LogP contribution in [0.5, 0.6) is 0 Å². The van der Waals surface area contributed by atoms with Gasteiger partial charge in [-0.3, -0.25) is 0 Å². The van der Waals surface area contributed by atoms with Crippen LogP contribution in [0.15, 0.2) is 0 Å². The van der Waals surface area contributed by atoms with E-state index >= 15 is 0 Å². The third-order valence-electron chi connectivity index (χ3n) is 3.90. The quantitative estimate of drug-likeness (QED) is 0.595. The molecule has 0 aromatic carbocycles. The largest absolute Gasteiger partial charge is 0.347 e. The average Bonchev–Trinajstić information content (AvgIpc) is 2.15. The number of ether oxygens (including phenoxy) is 2. The van der Waals surface area contributed by atoms with E-state index in [0.29, 0.717) is 18.1 Å². The van der Waals surface area contributed by atoms with Crippen molar-refractivity contribution in [3.63, 3.8) is 0 Å². The maximum Gasteiger partial charge on any atom is 0.169 e. The van der Waals surface area contributed by atoms with Gasteiger partial charge in [0.2, 0.25) is 0 Å². The van der Waals surface area contributed by atoms with Crippen molar-refractivity contribution >= 4 is 0 Å². The molecule has 2 atom stereocenters. The van der Waals surface area contributed by atoms with E-state index in [4.69, 9.17) is 9.47 Å². The van der Waals surface area contributed by atoms with E-state index in [1.54, 1.807) is 0 Å². The Hall–Kier alpha value is -0.0800. The van der Waals surface area contributed by atoms with E-state index in [9.17, 15) is 0 Å². The molecule has 0 radical (unpaired) electrons. The molecule has 2 heteroatoms. The highest BCUT2D eigenvalue weighted by Gasteiger charge is 2.43. The molecule has 2 rings (SSSR count). The van der Waals surface area contributed by atoms with Crippen LogP contribution in [0.25, 0.3) is 0 Å². The van der Waals surface area contributed by atoms with Gasteiger partial charge in [0.05, 0.1) is 12.2 Å². The predicted molar refractivity (Wildman–Crippen MR) is 56.1 cm³/mol. The standard InChI is InChI=1S/C12H22O2/c1-9-10(2)13-12(14-11(9)3)7-5-4-6-8-12/h9-11H,4-8H2,1-3H3. The maximum absolute atomic E-state index is 6.08. The highest BCUT2D eigenvalue weighted by molar-refractivity contribution is 4.84. The van der Waals surface area contributed by atoms with Crippen LogP contribution in [0.3, 0.4) is 0 Å². The summed E-state index contributed by atoms with van der Waals surface area (Å²) in [5.41, 5.74) is 0. The Kier molecular flexibility index (Phi) is 2.85. The topological polar surface area (TPSA) is 18.5 Å². The van der Waals surface area contributed by atoms with Crippen LogP contribution in [-0.4, -0.2) is 18.0 Å². The molecule has 1 spiro atoms. The van der Waals surface area contributed by atoms with E-state index in [1.807, 2.05) is 0 Å². The summed E-state index contributed by atoms with van der Waals surface area (Å²) in [6.07, 6.45) is 6.73. The van der Waals surface area contributed by atoms with Gasteiger partial charge in [-0.1, -0.05) is 13.3 Å². The second-order valence-electron chi connectivity index (χ2n) is 4.98. The van der Waals surface area contributed by atoms with Crippen LogP contribution in [0.2, 0.25) is 0 Å². The second-order valence-corrected chi connectivity index (χ2v) is 4.98. The van der Waals surface area contributed by atoms with E-state index in [0.717, 1.165) is 12.8 Å². The van der Waals surface area contributed by atoms with Gasteiger partial charge in [0.1, 0.15) is 0 Å². The molecule has 1 aliphatic heterocycles. The van der Waals surface area contributed by atoms with Gasteiger partial charge < -0.3 is 9.47 Å². The lowest BCUT2D eigenvalue weighted by molar-refractivity contribution is -0.339. The van der Waals surface area contributed by atoms with Gasteiger partial charge in [0.15, 0.2) is 5.79 Å². The zero-order chi connectivity index (χ0) is 10.2. The minimum absolute atomic E-state index is 0.219.